The van der Waals surface area contributed by atoms with E-state index in [0.717, 1.165) is 32.1 Å². The second-order valence-corrected chi connectivity index (χ2v) is 12.4. The van der Waals surface area contributed by atoms with Crippen LogP contribution in [0, 0.1) is 24.2 Å². The molecule has 2 aliphatic heterocycles. The summed E-state index contributed by atoms with van der Waals surface area (Å²) in [6.07, 6.45) is 11.5. The van der Waals surface area contributed by atoms with Crippen molar-refractivity contribution in [3.05, 3.63) is 31.9 Å². The second kappa shape index (κ2) is 16.1. The Hall–Kier alpha value is -2.64. The van der Waals surface area contributed by atoms with E-state index in [0.29, 0.717) is 71.8 Å². The molecule has 1 amide bonds. The van der Waals surface area contributed by atoms with Gasteiger partial charge >= 0.3 is 5.97 Å². The van der Waals surface area contributed by atoms with Gasteiger partial charge in [-0.15, -0.1) is 0 Å². The van der Waals surface area contributed by atoms with Crippen LogP contribution in [0.15, 0.2) is 9.70 Å². The molecule has 0 atom stereocenters. The molecule has 0 unspecified atom stereocenters. The molecule has 2 aliphatic rings. The third-order valence-corrected chi connectivity index (χ3v) is 9.26. The Morgan fingerprint density at radius 2 is 1.71 bits per heavy atom. The molecule has 2 fully saturated rings. The van der Waals surface area contributed by atoms with Gasteiger partial charge in [0.05, 0.1) is 17.4 Å². The summed E-state index contributed by atoms with van der Waals surface area (Å²) in [6, 6.07) is 2.12. The van der Waals surface area contributed by atoms with Crippen LogP contribution in [0.3, 0.4) is 0 Å². The molecule has 0 saturated carbocycles. The van der Waals surface area contributed by atoms with Crippen LogP contribution in [-0.4, -0.2) is 51.9 Å². The maximum absolute atomic E-state index is 13.5. The van der Waals surface area contributed by atoms with E-state index in [4.69, 9.17) is 17.0 Å². The quantitative estimate of drug-likeness (QED) is 0.108. The third-order valence-electron chi connectivity index (χ3n) is 7.88. The molecule has 0 aromatic carbocycles. The summed E-state index contributed by atoms with van der Waals surface area (Å²) in [5.41, 5.74) is 1.05. The molecule has 3 heterocycles. The number of nitriles is 1. The molecule has 3 rings (SSSR count). The zero-order valence-corrected chi connectivity index (χ0v) is 26.6. The summed E-state index contributed by atoms with van der Waals surface area (Å²) < 4.78 is 7.49. The number of piperidine rings is 1. The molecule has 0 spiro atoms. The minimum atomic E-state index is -0.311. The number of amides is 1. The molecule has 8 nitrogen and oxygen atoms in total. The number of ether oxygens (including phenoxy) is 1. The molecular formula is C31H44N4O4S2. The number of pyridine rings is 1. The number of anilines is 1. The second-order valence-electron chi connectivity index (χ2n) is 10.8. The molecule has 10 heteroatoms. The van der Waals surface area contributed by atoms with Crippen molar-refractivity contribution in [3.63, 3.8) is 0 Å². The number of carbonyl (C=O) groups is 2. The summed E-state index contributed by atoms with van der Waals surface area (Å²) in [6.45, 7) is 10.4. The topological polar surface area (TPSA) is 95.6 Å². The first-order chi connectivity index (χ1) is 19.8. The van der Waals surface area contributed by atoms with Gasteiger partial charge in [-0.1, -0.05) is 76.4 Å². The Labute approximate surface area is 254 Å². The number of esters is 1. The predicted octanol–water partition coefficient (Wildman–Crippen LogP) is 6.17. The molecule has 0 aliphatic carbocycles. The predicted molar refractivity (Wildman–Crippen MR) is 170 cm³/mol. The maximum Gasteiger partial charge on any atom is 0.309 e. The first kappa shape index (κ1) is 32.9. The van der Waals surface area contributed by atoms with Crippen LogP contribution in [0.25, 0.3) is 6.08 Å². The molecule has 2 saturated heterocycles. The lowest BCUT2D eigenvalue weighted by Gasteiger charge is -2.35. The lowest BCUT2D eigenvalue weighted by molar-refractivity contribution is -0.148. The third kappa shape index (κ3) is 8.01. The van der Waals surface area contributed by atoms with Crippen molar-refractivity contribution in [1.29, 1.82) is 5.26 Å². The van der Waals surface area contributed by atoms with Gasteiger partial charge in [0.2, 0.25) is 0 Å². The van der Waals surface area contributed by atoms with E-state index in [9.17, 15) is 19.6 Å². The lowest BCUT2D eigenvalue weighted by Crippen LogP contribution is -2.41. The highest BCUT2D eigenvalue weighted by Crippen LogP contribution is 2.37. The van der Waals surface area contributed by atoms with Gasteiger partial charge in [0.1, 0.15) is 21.8 Å². The zero-order valence-electron chi connectivity index (χ0n) is 25.0. The summed E-state index contributed by atoms with van der Waals surface area (Å²) in [5.74, 6) is 0.233. The SMILES string of the molecule is CCCCCCCCN1C(=O)/C(=C\c2c(C)c(C#N)c(=O)n(CCCC)c2N2CCC(C(=O)OCC)CC2)SC1=S. The summed E-state index contributed by atoms with van der Waals surface area (Å²) >= 11 is 6.88. The van der Waals surface area contributed by atoms with Gasteiger partial charge < -0.3 is 9.64 Å². The fourth-order valence-corrected chi connectivity index (χ4v) is 6.76. The maximum atomic E-state index is 13.5. The molecule has 0 bridgehead atoms. The Morgan fingerprint density at radius 3 is 2.34 bits per heavy atom. The number of hydrogen-bond acceptors (Lipinski definition) is 8. The van der Waals surface area contributed by atoms with Gasteiger partial charge in [0.15, 0.2) is 0 Å². The lowest BCUT2D eigenvalue weighted by atomic mass is 9.95. The summed E-state index contributed by atoms with van der Waals surface area (Å²) in [7, 11) is 0. The molecule has 0 N–H and O–H groups in total. The molecule has 1 aromatic rings. The smallest absolute Gasteiger partial charge is 0.309 e. The highest BCUT2D eigenvalue weighted by molar-refractivity contribution is 8.26. The summed E-state index contributed by atoms with van der Waals surface area (Å²) in [4.78, 5) is 43.7. The van der Waals surface area contributed by atoms with Crippen molar-refractivity contribution in [3.8, 4) is 6.07 Å². The van der Waals surface area contributed by atoms with Crippen molar-refractivity contribution in [2.75, 3.05) is 31.1 Å². The number of rotatable bonds is 14. The fourth-order valence-electron chi connectivity index (χ4n) is 5.47. The van der Waals surface area contributed by atoms with E-state index in [1.807, 2.05) is 13.0 Å². The van der Waals surface area contributed by atoms with Crippen LogP contribution in [-0.2, 0) is 20.9 Å². The van der Waals surface area contributed by atoms with Gasteiger partial charge in [-0.25, -0.2) is 0 Å². The zero-order chi connectivity index (χ0) is 29.9. The Kier molecular flexibility index (Phi) is 12.9. The molecule has 41 heavy (non-hydrogen) atoms. The highest BCUT2D eigenvalue weighted by atomic mass is 32.2. The normalized spacial score (nSPS) is 17.0. The highest BCUT2D eigenvalue weighted by Gasteiger charge is 2.34. The Bertz CT molecular complexity index is 1240. The average molecular weight is 601 g/mol. The molecule has 224 valence electrons. The van der Waals surface area contributed by atoms with Gasteiger partial charge in [0.25, 0.3) is 11.5 Å². The van der Waals surface area contributed by atoms with Crippen molar-refractivity contribution in [1.82, 2.24) is 9.47 Å². The molecule has 0 radical (unpaired) electrons. The van der Waals surface area contributed by atoms with Crippen LogP contribution in [0.5, 0.6) is 0 Å². The number of unbranched alkanes of at least 4 members (excludes halogenated alkanes) is 6. The molecular weight excluding hydrogens is 556 g/mol. The van der Waals surface area contributed by atoms with Crippen LogP contribution in [0.2, 0.25) is 0 Å². The van der Waals surface area contributed by atoms with E-state index in [1.54, 1.807) is 16.4 Å². The van der Waals surface area contributed by atoms with Crippen LogP contribution in [0.4, 0.5) is 5.82 Å². The minimum absolute atomic E-state index is 0.0973. The van der Waals surface area contributed by atoms with E-state index >= 15 is 0 Å². The number of nitrogens with zero attached hydrogens (tertiary/aromatic N) is 4. The number of aromatic nitrogens is 1. The average Bonchev–Trinajstić information content (AvgIpc) is 3.23. The Morgan fingerprint density at radius 1 is 1.05 bits per heavy atom. The standard InChI is InChI=1S/C31H44N4O4S2/c1-5-8-10-11-12-13-17-35-29(37)26(41-31(35)40)20-24-22(4)25(21-32)28(36)34(16-9-6-2)27(24)33-18-14-23(15-19-33)30(38)39-7-3/h20,23H,5-19H2,1-4H3/b26-20+. The monoisotopic (exact) mass is 600 g/mol. The van der Waals surface area contributed by atoms with Gasteiger partial charge in [-0.2, -0.15) is 5.26 Å². The minimum Gasteiger partial charge on any atom is -0.466 e. The van der Waals surface area contributed by atoms with E-state index in [2.05, 4.69) is 24.8 Å². The van der Waals surface area contributed by atoms with Crippen LogP contribution < -0.4 is 10.5 Å². The fraction of sp³-hybridized carbons (Fsp3) is 0.645. The van der Waals surface area contributed by atoms with E-state index < -0.39 is 0 Å². The van der Waals surface area contributed by atoms with Gasteiger partial charge in [-0.05, 0) is 51.2 Å². The first-order valence-corrected chi connectivity index (χ1v) is 16.4. The number of thioether (sulfide) groups is 1. The first-order valence-electron chi connectivity index (χ1n) is 15.1. The van der Waals surface area contributed by atoms with Crippen LogP contribution in [0.1, 0.15) is 102 Å². The number of carbonyl (C=O) groups excluding carboxylic acids is 2. The van der Waals surface area contributed by atoms with Gasteiger partial charge in [-0.3, -0.25) is 23.9 Å². The van der Waals surface area contributed by atoms with Gasteiger partial charge in [0, 0.05) is 31.7 Å². The van der Waals surface area contributed by atoms with Crippen molar-refractivity contribution in [2.24, 2.45) is 5.92 Å². The molecule has 1 aromatic heterocycles. The largest absolute Gasteiger partial charge is 0.466 e. The Balaban J connectivity index is 1.97. The van der Waals surface area contributed by atoms with E-state index in [-0.39, 0.29) is 28.9 Å². The van der Waals surface area contributed by atoms with Crippen molar-refractivity contribution in [2.45, 2.75) is 98.4 Å². The van der Waals surface area contributed by atoms with Crippen molar-refractivity contribution >= 4 is 52.1 Å². The van der Waals surface area contributed by atoms with Crippen LogP contribution >= 0.6 is 24.0 Å². The summed E-state index contributed by atoms with van der Waals surface area (Å²) in [5, 5.41) is 9.94. The van der Waals surface area contributed by atoms with E-state index in [1.165, 1.54) is 31.0 Å². The number of thiocarbonyl (C=S) groups is 1. The number of hydrogen-bond donors (Lipinski definition) is 0. The van der Waals surface area contributed by atoms with Crippen molar-refractivity contribution < 1.29 is 14.3 Å².